The van der Waals surface area contributed by atoms with Gasteiger partial charge in [0.05, 0.1) is 5.52 Å². The standard InChI is InChI=1S/C12H12N2O/c1-3-9-4-5-12-10(6-9)11(13-8-15)7-14(12)2/h4-7H,3H2,1-2H3. The summed E-state index contributed by atoms with van der Waals surface area (Å²) in [6.45, 7) is 2.10. The minimum atomic E-state index is 0.692. The minimum Gasteiger partial charge on any atom is -0.348 e. The Morgan fingerprint density at radius 3 is 2.93 bits per heavy atom. The zero-order chi connectivity index (χ0) is 10.8. The maximum absolute atomic E-state index is 10.3. The summed E-state index contributed by atoms with van der Waals surface area (Å²) in [5.74, 6) is 0. The number of hydrogen-bond donors (Lipinski definition) is 0. The van der Waals surface area contributed by atoms with Crippen LogP contribution in [0.5, 0.6) is 0 Å². The highest BCUT2D eigenvalue weighted by Crippen LogP contribution is 2.28. The maximum Gasteiger partial charge on any atom is 0.240 e. The Morgan fingerprint density at radius 1 is 1.47 bits per heavy atom. The van der Waals surface area contributed by atoms with Gasteiger partial charge in [-0.25, -0.2) is 4.79 Å². The van der Waals surface area contributed by atoms with Gasteiger partial charge in [-0.05, 0) is 24.1 Å². The molecule has 0 saturated heterocycles. The summed E-state index contributed by atoms with van der Waals surface area (Å²) in [7, 11) is 1.94. The van der Waals surface area contributed by atoms with Crippen molar-refractivity contribution in [1.82, 2.24) is 4.57 Å². The molecule has 1 aromatic heterocycles. The molecular weight excluding hydrogens is 188 g/mol. The van der Waals surface area contributed by atoms with Gasteiger partial charge in [0.25, 0.3) is 0 Å². The van der Waals surface area contributed by atoms with Gasteiger partial charge in [-0.2, -0.15) is 4.99 Å². The van der Waals surface area contributed by atoms with Crippen molar-refractivity contribution >= 4 is 22.7 Å². The van der Waals surface area contributed by atoms with Gasteiger partial charge >= 0.3 is 0 Å². The molecule has 3 nitrogen and oxygen atoms in total. The van der Waals surface area contributed by atoms with E-state index in [2.05, 4.69) is 30.1 Å². The number of aliphatic imine (C=N–C) groups is 1. The molecular formula is C12H12N2O. The van der Waals surface area contributed by atoms with Crippen LogP contribution in [-0.2, 0) is 18.3 Å². The molecule has 3 heteroatoms. The lowest BCUT2D eigenvalue weighted by Gasteiger charge is -1.98. The van der Waals surface area contributed by atoms with E-state index in [1.54, 1.807) is 6.08 Å². The van der Waals surface area contributed by atoms with Crippen LogP contribution < -0.4 is 0 Å². The predicted molar refractivity (Wildman–Crippen MR) is 60.1 cm³/mol. The molecule has 0 radical (unpaired) electrons. The van der Waals surface area contributed by atoms with E-state index in [4.69, 9.17) is 0 Å². The van der Waals surface area contributed by atoms with Crippen LogP contribution in [0.3, 0.4) is 0 Å². The van der Waals surface area contributed by atoms with Crippen LogP contribution in [0.1, 0.15) is 12.5 Å². The van der Waals surface area contributed by atoms with Crippen molar-refractivity contribution < 1.29 is 4.79 Å². The lowest BCUT2D eigenvalue weighted by atomic mass is 10.1. The Hall–Kier alpha value is -1.86. The lowest BCUT2D eigenvalue weighted by Crippen LogP contribution is -1.84. The van der Waals surface area contributed by atoms with Gasteiger partial charge in [0.15, 0.2) is 0 Å². The zero-order valence-corrected chi connectivity index (χ0v) is 8.82. The Kier molecular flexibility index (Phi) is 2.40. The molecule has 15 heavy (non-hydrogen) atoms. The smallest absolute Gasteiger partial charge is 0.240 e. The van der Waals surface area contributed by atoms with E-state index in [0.29, 0.717) is 5.69 Å². The number of isocyanates is 1. The molecule has 0 fully saturated rings. The Bertz CT molecular complexity index is 548. The summed E-state index contributed by atoms with van der Waals surface area (Å²) < 4.78 is 1.96. The fourth-order valence-electron chi connectivity index (χ4n) is 1.78. The number of rotatable bonds is 2. The predicted octanol–water partition coefficient (Wildman–Crippen LogP) is 2.71. The molecule has 0 bridgehead atoms. The number of benzene rings is 1. The molecule has 0 unspecified atom stereocenters. The highest BCUT2D eigenvalue weighted by atomic mass is 16.1. The minimum absolute atomic E-state index is 0.692. The topological polar surface area (TPSA) is 34.4 Å². The van der Waals surface area contributed by atoms with Crippen molar-refractivity contribution in [3.05, 3.63) is 30.0 Å². The molecule has 2 aromatic rings. The van der Waals surface area contributed by atoms with E-state index in [-0.39, 0.29) is 0 Å². The second-order valence-corrected chi connectivity index (χ2v) is 3.53. The second-order valence-electron chi connectivity index (χ2n) is 3.53. The van der Waals surface area contributed by atoms with Crippen LogP contribution in [0.25, 0.3) is 10.9 Å². The molecule has 76 valence electrons. The van der Waals surface area contributed by atoms with Crippen molar-refractivity contribution in [3.8, 4) is 0 Å². The van der Waals surface area contributed by atoms with Gasteiger partial charge in [0.1, 0.15) is 5.69 Å². The first-order valence-electron chi connectivity index (χ1n) is 4.92. The van der Waals surface area contributed by atoms with Crippen molar-refractivity contribution in [3.63, 3.8) is 0 Å². The van der Waals surface area contributed by atoms with E-state index in [0.717, 1.165) is 17.3 Å². The average molecular weight is 200 g/mol. The lowest BCUT2D eigenvalue weighted by molar-refractivity contribution is 0.565. The van der Waals surface area contributed by atoms with Gasteiger partial charge in [0.2, 0.25) is 6.08 Å². The van der Waals surface area contributed by atoms with Crippen LogP contribution in [0.2, 0.25) is 0 Å². The van der Waals surface area contributed by atoms with E-state index in [1.807, 2.05) is 17.8 Å². The first kappa shape index (κ1) is 9.69. The monoisotopic (exact) mass is 200 g/mol. The van der Waals surface area contributed by atoms with Crippen molar-refractivity contribution in [2.24, 2.45) is 12.0 Å². The van der Waals surface area contributed by atoms with E-state index in [1.165, 1.54) is 5.56 Å². The molecule has 1 heterocycles. The van der Waals surface area contributed by atoms with E-state index in [9.17, 15) is 4.79 Å². The summed E-state index contributed by atoms with van der Waals surface area (Å²) >= 11 is 0. The molecule has 0 saturated carbocycles. The number of carbonyl (C=O) groups excluding carboxylic acids is 1. The van der Waals surface area contributed by atoms with Gasteiger partial charge in [-0.1, -0.05) is 13.0 Å². The number of nitrogens with zero attached hydrogens (tertiary/aromatic N) is 2. The zero-order valence-electron chi connectivity index (χ0n) is 8.82. The fourth-order valence-corrected chi connectivity index (χ4v) is 1.78. The fraction of sp³-hybridized carbons (Fsp3) is 0.250. The largest absolute Gasteiger partial charge is 0.348 e. The highest BCUT2D eigenvalue weighted by Gasteiger charge is 2.05. The molecule has 0 aliphatic carbocycles. The van der Waals surface area contributed by atoms with Crippen LogP contribution in [-0.4, -0.2) is 10.6 Å². The number of aromatic nitrogens is 1. The maximum atomic E-state index is 10.3. The normalized spacial score (nSPS) is 10.3. The summed E-state index contributed by atoms with van der Waals surface area (Å²) in [4.78, 5) is 14.0. The first-order valence-corrected chi connectivity index (χ1v) is 4.92. The van der Waals surface area contributed by atoms with Gasteiger partial charge in [0, 0.05) is 18.6 Å². The molecule has 0 atom stereocenters. The SMILES string of the molecule is CCc1ccc2c(c1)c(N=C=O)cn2C. The van der Waals surface area contributed by atoms with Gasteiger partial charge in [-0.3, -0.25) is 0 Å². The number of hydrogen-bond acceptors (Lipinski definition) is 2. The van der Waals surface area contributed by atoms with Crippen molar-refractivity contribution in [1.29, 1.82) is 0 Å². The van der Waals surface area contributed by atoms with Crippen molar-refractivity contribution in [2.45, 2.75) is 13.3 Å². The molecule has 1 aromatic carbocycles. The molecule has 0 N–H and O–H groups in total. The quantitative estimate of drug-likeness (QED) is 0.542. The Labute approximate surface area is 88.0 Å². The van der Waals surface area contributed by atoms with Gasteiger partial charge in [-0.15, -0.1) is 0 Å². The van der Waals surface area contributed by atoms with Crippen LogP contribution in [0, 0.1) is 0 Å². The highest BCUT2D eigenvalue weighted by molar-refractivity contribution is 5.92. The molecule has 0 amide bonds. The van der Waals surface area contributed by atoms with Crippen LogP contribution >= 0.6 is 0 Å². The third-order valence-corrected chi connectivity index (χ3v) is 2.61. The number of aryl methyl sites for hydroxylation is 2. The second kappa shape index (κ2) is 3.71. The van der Waals surface area contributed by atoms with E-state index < -0.39 is 0 Å². The van der Waals surface area contributed by atoms with Gasteiger partial charge < -0.3 is 4.57 Å². The summed E-state index contributed by atoms with van der Waals surface area (Å²) in [5, 5.41) is 1.01. The Morgan fingerprint density at radius 2 is 2.27 bits per heavy atom. The summed E-state index contributed by atoms with van der Waals surface area (Å²) in [6.07, 6.45) is 4.41. The summed E-state index contributed by atoms with van der Waals surface area (Å²) in [6, 6.07) is 6.22. The first-order chi connectivity index (χ1) is 7.26. The number of fused-ring (bicyclic) bond motifs is 1. The molecule has 0 spiro atoms. The summed E-state index contributed by atoms with van der Waals surface area (Å²) in [5.41, 5.74) is 3.02. The average Bonchev–Trinajstić information content (AvgIpc) is 2.56. The molecule has 0 aliphatic rings. The van der Waals surface area contributed by atoms with Crippen LogP contribution in [0.4, 0.5) is 5.69 Å². The van der Waals surface area contributed by atoms with Crippen LogP contribution in [0.15, 0.2) is 29.4 Å². The van der Waals surface area contributed by atoms with Crippen molar-refractivity contribution in [2.75, 3.05) is 0 Å². The molecule has 2 rings (SSSR count). The third kappa shape index (κ3) is 1.58. The Balaban J connectivity index is 2.76. The van der Waals surface area contributed by atoms with E-state index >= 15 is 0 Å². The third-order valence-electron chi connectivity index (χ3n) is 2.61. The molecule has 0 aliphatic heterocycles.